The highest BCUT2D eigenvalue weighted by molar-refractivity contribution is 5.93. The van der Waals surface area contributed by atoms with Gasteiger partial charge in [-0.15, -0.1) is 0 Å². The van der Waals surface area contributed by atoms with Gasteiger partial charge >= 0.3 is 0 Å². The van der Waals surface area contributed by atoms with Crippen LogP contribution in [0.2, 0.25) is 0 Å². The third kappa shape index (κ3) is 3.18. The molecule has 1 aromatic carbocycles. The molecule has 1 aliphatic rings. The fourth-order valence-electron chi connectivity index (χ4n) is 3.30. The van der Waals surface area contributed by atoms with Gasteiger partial charge in [0.15, 0.2) is 5.82 Å². The molecule has 1 amide bonds. The second-order valence-electron chi connectivity index (χ2n) is 6.16. The van der Waals surface area contributed by atoms with E-state index in [2.05, 4.69) is 9.97 Å². The molecule has 5 nitrogen and oxygen atoms in total. The Morgan fingerprint density at radius 2 is 1.96 bits per heavy atom. The number of benzene rings is 1. The first-order valence-electron chi connectivity index (χ1n) is 8.56. The number of hydrogen-bond donors (Lipinski definition) is 0. The zero-order chi connectivity index (χ0) is 17.1. The molecule has 5 heteroatoms. The predicted octanol–water partition coefficient (Wildman–Crippen LogP) is 4.10. The molecule has 0 bridgehead atoms. The monoisotopic (exact) mass is 333 g/mol. The van der Waals surface area contributed by atoms with Gasteiger partial charge < -0.3 is 9.32 Å². The van der Waals surface area contributed by atoms with Crippen molar-refractivity contribution in [2.24, 2.45) is 0 Å². The van der Waals surface area contributed by atoms with Crippen molar-refractivity contribution >= 4 is 5.91 Å². The average molecular weight is 333 g/mol. The van der Waals surface area contributed by atoms with Crippen molar-refractivity contribution in [2.75, 3.05) is 6.54 Å². The van der Waals surface area contributed by atoms with Gasteiger partial charge in [0.2, 0.25) is 0 Å². The number of furan rings is 1. The quantitative estimate of drug-likeness (QED) is 0.724. The van der Waals surface area contributed by atoms with Gasteiger partial charge in [0.25, 0.3) is 5.91 Å². The third-order valence-corrected chi connectivity index (χ3v) is 4.54. The highest BCUT2D eigenvalue weighted by atomic mass is 16.3. The number of hydrogen-bond acceptors (Lipinski definition) is 4. The Hall–Kier alpha value is -2.95. The van der Waals surface area contributed by atoms with Crippen molar-refractivity contribution in [1.29, 1.82) is 0 Å². The summed E-state index contributed by atoms with van der Waals surface area (Å²) in [5, 5.41) is 0. The molecule has 0 N–H and O–H groups in total. The van der Waals surface area contributed by atoms with Crippen LogP contribution in [0.3, 0.4) is 0 Å². The summed E-state index contributed by atoms with van der Waals surface area (Å²) in [6.45, 7) is 0.717. The maximum absolute atomic E-state index is 13.1. The van der Waals surface area contributed by atoms with Crippen molar-refractivity contribution in [2.45, 2.75) is 25.3 Å². The van der Waals surface area contributed by atoms with E-state index in [1.807, 2.05) is 47.4 Å². The molecule has 0 saturated carbocycles. The Balaban J connectivity index is 1.64. The first-order valence-corrected chi connectivity index (χ1v) is 8.56. The number of piperidine rings is 1. The van der Waals surface area contributed by atoms with Crippen LogP contribution in [-0.2, 0) is 0 Å². The molecule has 1 atom stereocenters. The Labute approximate surface area is 146 Å². The summed E-state index contributed by atoms with van der Waals surface area (Å²) in [5.74, 6) is 1.34. The van der Waals surface area contributed by atoms with Gasteiger partial charge in [0.1, 0.15) is 11.5 Å². The van der Waals surface area contributed by atoms with E-state index in [0.29, 0.717) is 11.5 Å². The normalized spacial score (nSPS) is 17.4. The largest absolute Gasteiger partial charge is 0.467 e. The fourth-order valence-corrected chi connectivity index (χ4v) is 3.30. The van der Waals surface area contributed by atoms with E-state index in [4.69, 9.17) is 4.42 Å². The number of rotatable bonds is 3. The van der Waals surface area contributed by atoms with E-state index < -0.39 is 0 Å². The van der Waals surface area contributed by atoms with Crippen LogP contribution < -0.4 is 0 Å². The lowest BCUT2D eigenvalue weighted by Gasteiger charge is -2.34. The van der Waals surface area contributed by atoms with E-state index in [1.54, 1.807) is 18.5 Å². The molecule has 1 fully saturated rings. The van der Waals surface area contributed by atoms with Crippen LogP contribution in [-0.4, -0.2) is 27.3 Å². The van der Waals surface area contributed by atoms with Gasteiger partial charge in [0, 0.05) is 18.3 Å². The zero-order valence-corrected chi connectivity index (χ0v) is 13.8. The minimum atomic E-state index is -0.0688. The maximum Gasteiger partial charge on any atom is 0.273 e. The molecule has 3 aromatic rings. The molecule has 2 aromatic heterocycles. The lowest BCUT2D eigenvalue weighted by atomic mass is 9.99. The number of likely N-dealkylation sites (tertiary alicyclic amines) is 1. The van der Waals surface area contributed by atoms with Crippen molar-refractivity contribution in [3.63, 3.8) is 0 Å². The van der Waals surface area contributed by atoms with Crippen LogP contribution in [0.4, 0.5) is 0 Å². The Bertz CT molecular complexity index is 846. The molecule has 3 heterocycles. The lowest BCUT2D eigenvalue weighted by Crippen LogP contribution is -2.38. The zero-order valence-electron chi connectivity index (χ0n) is 13.8. The lowest BCUT2D eigenvalue weighted by molar-refractivity contribution is 0.0574. The summed E-state index contributed by atoms with van der Waals surface area (Å²) >= 11 is 0. The van der Waals surface area contributed by atoms with Crippen LogP contribution >= 0.6 is 0 Å². The number of aromatic nitrogens is 2. The molecule has 0 radical (unpaired) electrons. The van der Waals surface area contributed by atoms with Gasteiger partial charge in [-0.1, -0.05) is 30.3 Å². The summed E-state index contributed by atoms with van der Waals surface area (Å²) < 4.78 is 5.56. The summed E-state index contributed by atoms with van der Waals surface area (Å²) in [5.41, 5.74) is 1.32. The van der Waals surface area contributed by atoms with Crippen molar-refractivity contribution < 1.29 is 9.21 Å². The molecule has 0 aliphatic carbocycles. The SMILES string of the molecule is O=C(c1ccnc(-c2ccccc2)n1)N1CCCCC1c1ccco1. The van der Waals surface area contributed by atoms with Crippen LogP contribution in [0.5, 0.6) is 0 Å². The van der Waals surface area contributed by atoms with Gasteiger partial charge in [-0.3, -0.25) is 4.79 Å². The molecule has 4 rings (SSSR count). The summed E-state index contributed by atoms with van der Waals surface area (Å²) in [7, 11) is 0. The standard InChI is InChI=1S/C20H19N3O2/c24-20(23-13-5-4-9-17(23)18-10-6-14-25-18)16-11-12-21-19(22-16)15-7-2-1-3-8-15/h1-3,6-8,10-12,14,17H,4-5,9,13H2. The second kappa shape index (κ2) is 6.89. The van der Waals surface area contributed by atoms with Crippen molar-refractivity contribution in [1.82, 2.24) is 14.9 Å². The second-order valence-corrected chi connectivity index (χ2v) is 6.16. The smallest absolute Gasteiger partial charge is 0.273 e. The molecule has 25 heavy (non-hydrogen) atoms. The van der Waals surface area contributed by atoms with E-state index >= 15 is 0 Å². The minimum Gasteiger partial charge on any atom is -0.467 e. The Morgan fingerprint density at radius 1 is 1.08 bits per heavy atom. The van der Waals surface area contributed by atoms with Gasteiger partial charge in [-0.25, -0.2) is 9.97 Å². The third-order valence-electron chi connectivity index (χ3n) is 4.54. The van der Waals surface area contributed by atoms with Gasteiger partial charge in [-0.2, -0.15) is 0 Å². The summed E-state index contributed by atoms with van der Waals surface area (Å²) in [4.78, 5) is 23.8. The van der Waals surface area contributed by atoms with E-state index in [-0.39, 0.29) is 11.9 Å². The molecule has 0 spiro atoms. The van der Waals surface area contributed by atoms with Crippen LogP contribution in [0, 0.1) is 0 Å². The molecule has 1 unspecified atom stereocenters. The van der Waals surface area contributed by atoms with E-state index in [1.165, 1.54) is 0 Å². The van der Waals surface area contributed by atoms with Crippen molar-refractivity contribution in [3.05, 3.63) is 72.4 Å². The average Bonchev–Trinajstić information content (AvgIpc) is 3.23. The molecular formula is C20H19N3O2. The van der Waals surface area contributed by atoms with Crippen molar-refractivity contribution in [3.8, 4) is 11.4 Å². The minimum absolute atomic E-state index is 0.0219. The first kappa shape index (κ1) is 15.6. The Kier molecular flexibility index (Phi) is 4.29. The molecule has 1 saturated heterocycles. The maximum atomic E-state index is 13.1. The van der Waals surface area contributed by atoms with Gasteiger partial charge in [0.05, 0.1) is 12.3 Å². The Morgan fingerprint density at radius 3 is 2.76 bits per heavy atom. The summed E-state index contributed by atoms with van der Waals surface area (Å²) in [6.07, 6.45) is 6.31. The summed E-state index contributed by atoms with van der Waals surface area (Å²) in [6, 6.07) is 15.2. The van der Waals surface area contributed by atoms with Gasteiger partial charge in [-0.05, 0) is 37.5 Å². The van der Waals surface area contributed by atoms with Crippen LogP contribution in [0.25, 0.3) is 11.4 Å². The topological polar surface area (TPSA) is 59.2 Å². The van der Waals surface area contributed by atoms with Crippen LogP contribution in [0.1, 0.15) is 41.6 Å². The van der Waals surface area contributed by atoms with Crippen LogP contribution in [0.15, 0.2) is 65.4 Å². The predicted molar refractivity (Wildman–Crippen MR) is 93.8 cm³/mol. The van der Waals surface area contributed by atoms with E-state index in [0.717, 1.165) is 37.1 Å². The molecule has 1 aliphatic heterocycles. The first-order chi connectivity index (χ1) is 12.3. The molecule has 126 valence electrons. The fraction of sp³-hybridized carbons (Fsp3) is 0.250. The number of nitrogens with zero attached hydrogens (tertiary/aromatic N) is 3. The molecular weight excluding hydrogens is 314 g/mol. The number of carbonyl (C=O) groups is 1. The highest BCUT2D eigenvalue weighted by Crippen LogP contribution is 2.32. The van der Waals surface area contributed by atoms with E-state index in [9.17, 15) is 4.79 Å². The number of carbonyl (C=O) groups excluding carboxylic acids is 1. The number of amides is 1. The highest BCUT2D eigenvalue weighted by Gasteiger charge is 2.31.